The Morgan fingerprint density at radius 1 is 0.237 bits per heavy atom. The van der Waals surface area contributed by atoms with Crippen molar-refractivity contribution in [2.45, 2.75) is 0 Å². The van der Waals surface area contributed by atoms with E-state index in [2.05, 4.69) is 211 Å². The first kappa shape index (κ1) is 35.5. The van der Waals surface area contributed by atoms with E-state index in [-0.39, 0.29) is 0 Å². The second kappa shape index (κ2) is 15.9. The topological polar surface area (TPSA) is 29.0 Å². The van der Waals surface area contributed by atoms with Crippen LogP contribution in [0.25, 0.3) is 78.1 Å². The first-order valence-corrected chi connectivity index (χ1v) is 20.0. The van der Waals surface area contributed by atoms with Gasteiger partial charge >= 0.3 is 0 Å². The van der Waals surface area contributed by atoms with Gasteiger partial charge in [0.15, 0.2) is 0 Å². The summed E-state index contributed by atoms with van der Waals surface area (Å²) in [5, 5.41) is 0. The van der Waals surface area contributed by atoms with E-state index in [1.165, 1.54) is 0 Å². The zero-order chi connectivity index (χ0) is 39.4. The largest absolute Gasteiger partial charge is 0.308 e. The van der Waals surface area contributed by atoms with Gasteiger partial charge < -0.3 is 4.90 Å². The second-order valence-electron chi connectivity index (χ2n) is 14.5. The molecule has 59 heavy (non-hydrogen) atoms. The van der Waals surface area contributed by atoms with Crippen LogP contribution in [0.3, 0.4) is 0 Å². The van der Waals surface area contributed by atoms with Crippen molar-refractivity contribution in [2.75, 3.05) is 4.90 Å². The second-order valence-corrected chi connectivity index (χ2v) is 14.5. The first-order chi connectivity index (χ1) is 29.3. The van der Waals surface area contributed by atoms with Crippen molar-refractivity contribution in [1.82, 2.24) is 9.97 Å². The van der Waals surface area contributed by atoms with Crippen molar-refractivity contribution in [3.8, 4) is 67.0 Å². The number of rotatable bonds is 9. The summed E-state index contributed by atoms with van der Waals surface area (Å²) in [7, 11) is 0. The lowest BCUT2D eigenvalue weighted by Gasteiger charge is -2.34. The fourth-order valence-corrected chi connectivity index (χ4v) is 8.11. The Kier molecular flexibility index (Phi) is 9.59. The number of benzene rings is 9. The maximum atomic E-state index is 5.25. The van der Waals surface area contributed by atoms with Crippen LogP contribution in [-0.4, -0.2) is 9.97 Å². The Morgan fingerprint density at radius 3 is 0.864 bits per heavy atom. The molecule has 0 spiro atoms. The molecular formula is C56H39N3. The van der Waals surface area contributed by atoms with E-state index in [4.69, 9.17) is 9.97 Å². The van der Waals surface area contributed by atoms with Gasteiger partial charge in [0.05, 0.1) is 33.8 Å². The molecule has 0 aliphatic carbocycles. The van der Waals surface area contributed by atoms with Crippen LogP contribution < -0.4 is 4.90 Å². The average molecular weight is 754 g/mol. The molecule has 0 bridgehead atoms. The minimum absolute atomic E-state index is 0.845. The Morgan fingerprint density at radius 2 is 0.525 bits per heavy atom. The average Bonchev–Trinajstić information content (AvgIpc) is 3.33. The maximum absolute atomic E-state index is 5.25. The van der Waals surface area contributed by atoms with Gasteiger partial charge in [-0.05, 0) is 46.5 Å². The molecule has 0 N–H and O–H groups in total. The molecule has 9 aromatic carbocycles. The van der Waals surface area contributed by atoms with E-state index in [0.717, 1.165) is 95.1 Å². The molecule has 10 rings (SSSR count). The Labute approximate surface area is 345 Å². The number of nitrogens with zero attached hydrogens (tertiary/aromatic N) is 3. The summed E-state index contributed by atoms with van der Waals surface area (Å²) in [6, 6.07) is 83.7. The third-order valence-electron chi connectivity index (χ3n) is 10.9. The fraction of sp³-hybridized carbons (Fsp3) is 0. The summed E-state index contributed by atoms with van der Waals surface area (Å²) >= 11 is 0. The van der Waals surface area contributed by atoms with Gasteiger partial charge in [0.1, 0.15) is 0 Å². The van der Waals surface area contributed by atoms with E-state index in [1.54, 1.807) is 0 Å². The fourth-order valence-electron chi connectivity index (χ4n) is 8.11. The highest BCUT2D eigenvalue weighted by Gasteiger charge is 2.27. The van der Waals surface area contributed by atoms with E-state index >= 15 is 0 Å². The van der Waals surface area contributed by atoms with Crippen molar-refractivity contribution >= 4 is 28.1 Å². The number of para-hydroxylation sites is 4. The molecule has 3 heteroatoms. The lowest BCUT2D eigenvalue weighted by Crippen LogP contribution is -2.15. The third-order valence-corrected chi connectivity index (χ3v) is 10.9. The van der Waals surface area contributed by atoms with E-state index in [9.17, 15) is 0 Å². The number of aromatic nitrogens is 2. The summed E-state index contributed by atoms with van der Waals surface area (Å²) in [6.07, 6.45) is 0. The molecule has 0 amide bonds. The summed E-state index contributed by atoms with van der Waals surface area (Å²) in [5.41, 5.74) is 17.7. The highest BCUT2D eigenvalue weighted by atomic mass is 15.2. The van der Waals surface area contributed by atoms with Gasteiger partial charge in [-0.2, -0.15) is 0 Å². The Balaban J connectivity index is 1.28. The molecule has 3 nitrogen and oxygen atoms in total. The highest BCUT2D eigenvalue weighted by molar-refractivity contribution is 6.04. The highest BCUT2D eigenvalue weighted by Crippen LogP contribution is 2.52. The normalized spacial score (nSPS) is 11.1. The zero-order valence-electron chi connectivity index (χ0n) is 32.4. The molecule has 0 aliphatic heterocycles. The minimum Gasteiger partial charge on any atom is -0.308 e. The smallest absolute Gasteiger partial charge is 0.0973 e. The van der Waals surface area contributed by atoms with Gasteiger partial charge in [0.2, 0.25) is 0 Å². The van der Waals surface area contributed by atoms with Crippen molar-refractivity contribution in [2.24, 2.45) is 0 Å². The lowest BCUT2D eigenvalue weighted by atomic mass is 9.90. The number of fused-ring (bicyclic) bond motifs is 1. The summed E-state index contributed by atoms with van der Waals surface area (Å²) in [4.78, 5) is 12.9. The predicted molar refractivity (Wildman–Crippen MR) is 247 cm³/mol. The van der Waals surface area contributed by atoms with Crippen LogP contribution in [0.4, 0.5) is 17.1 Å². The van der Waals surface area contributed by atoms with Gasteiger partial charge in [-0.25, -0.2) is 9.97 Å². The van der Waals surface area contributed by atoms with Gasteiger partial charge in [0.25, 0.3) is 0 Å². The molecule has 1 aromatic heterocycles. The molecule has 0 aliphatic rings. The maximum Gasteiger partial charge on any atom is 0.0973 e. The quantitative estimate of drug-likeness (QED) is 0.147. The van der Waals surface area contributed by atoms with Crippen LogP contribution in [-0.2, 0) is 0 Å². The minimum atomic E-state index is 0.845. The Bertz CT molecular complexity index is 2760. The van der Waals surface area contributed by atoms with Crippen LogP contribution in [0, 0.1) is 0 Å². The molecule has 0 unspecified atom stereocenters. The van der Waals surface area contributed by atoms with E-state index < -0.39 is 0 Å². The van der Waals surface area contributed by atoms with Gasteiger partial charge in [-0.15, -0.1) is 0 Å². The summed E-state index contributed by atoms with van der Waals surface area (Å²) in [5.74, 6) is 0. The van der Waals surface area contributed by atoms with Crippen LogP contribution >= 0.6 is 0 Å². The Hall–Kier alpha value is -7.88. The third kappa shape index (κ3) is 6.96. The molecule has 1 heterocycles. The SMILES string of the molecule is c1ccc(-c2cccc(-c3ccccc3)c2N(c2ccc(-c3nc4ccccc4nc3-c3ccccc3)cc2)c2c(-c3ccccc3)cccc2-c2ccccc2)cc1. The molecule has 0 radical (unpaired) electrons. The van der Waals surface area contributed by atoms with Crippen LogP contribution in [0.5, 0.6) is 0 Å². The number of anilines is 3. The molecule has 278 valence electrons. The molecule has 0 fully saturated rings. The predicted octanol–water partition coefficient (Wildman–Crippen LogP) is 15.1. The van der Waals surface area contributed by atoms with E-state index in [0.29, 0.717) is 0 Å². The van der Waals surface area contributed by atoms with Crippen molar-refractivity contribution < 1.29 is 0 Å². The van der Waals surface area contributed by atoms with Crippen LogP contribution in [0.2, 0.25) is 0 Å². The van der Waals surface area contributed by atoms with Crippen molar-refractivity contribution in [1.29, 1.82) is 0 Å². The molecule has 0 atom stereocenters. The van der Waals surface area contributed by atoms with Gasteiger partial charge in [-0.3, -0.25) is 0 Å². The summed E-state index contributed by atoms with van der Waals surface area (Å²) < 4.78 is 0. The van der Waals surface area contributed by atoms with E-state index in [1.807, 2.05) is 30.3 Å². The molecule has 0 saturated heterocycles. The number of hydrogen-bond acceptors (Lipinski definition) is 3. The monoisotopic (exact) mass is 753 g/mol. The standard InChI is InChI=1S/C56H39N3/c1-6-20-40(21-7-1)47-30-18-31-48(41-22-8-2-9-23-41)55(47)59(56-49(42-24-10-3-11-25-42)32-19-33-50(56)43-26-12-4-13-27-43)46-38-36-45(37-39-46)54-53(44-28-14-5-15-29-44)57-51-34-16-17-35-52(51)58-54/h1-39H. The lowest BCUT2D eigenvalue weighted by molar-refractivity contribution is 1.27. The van der Waals surface area contributed by atoms with Gasteiger partial charge in [-0.1, -0.05) is 212 Å². The molecule has 0 saturated carbocycles. The zero-order valence-corrected chi connectivity index (χ0v) is 32.4. The van der Waals surface area contributed by atoms with Crippen molar-refractivity contribution in [3.63, 3.8) is 0 Å². The summed E-state index contributed by atoms with van der Waals surface area (Å²) in [6.45, 7) is 0. The molecular weight excluding hydrogens is 715 g/mol. The van der Waals surface area contributed by atoms with Crippen LogP contribution in [0.15, 0.2) is 237 Å². The van der Waals surface area contributed by atoms with Crippen LogP contribution in [0.1, 0.15) is 0 Å². The van der Waals surface area contributed by atoms with Crippen molar-refractivity contribution in [3.05, 3.63) is 237 Å². The first-order valence-electron chi connectivity index (χ1n) is 20.0. The van der Waals surface area contributed by atoms with Gasteiger partial charge in [0, 0.05) is 39.1 Å². The number of hydrogen-bond donors (Lipinski definition) is 0. The molecule has 10 aromatic rings.